The maximum absolute atomic E-state index is 6.51. The van der Waals surface area contributed by atoms with Crippen molar-refractivity contribution >= 4 is 29.0 Å². The van der Waals surface area contributed by atoms with Crippen molar-refractivity contribution in [3.63, 3.8) is 0 Å². The summed E-state index contributed by atoms with van der Waals surface area (Å²) in [7, 11) is 0. The van der Waals surface area contributed by atoms with Gasteiger partial charge in [0.25, 0.3) is 0 Å². The number of aromatic nitrogens is 4. The predicted molar refractivity (Wildman–Crippen MR) is 141 cm³/mol. The summed E-state index contributed by atoms with van der Waals surface area (Å²) >= 11 is 6.51. The first-order chi connectivity index (χ1) is 17.2. The molecule has 2 aliphatic heterocycles. The van der Waals surface area contributed by atoms with Crippen LogP contribution < -0.4 is 0 Å². The van der Waals surface area contributed by atoms with Gasteiger partial charge in [-0.15, -0.1) is 0 Å². The van der Waals surface area contributed by atoms with Gasteiger partial charge in [0.15, 0.2) is 11.3 Å². The van der Waals surface area contributed by atoms with Crippen molar-refractivity contribution in [1.29, 1.82) is 0 Å². The van der Waals surface area contributed by atoms with E-state index in [9.17, 15) is 0 Å². The molecule has 1 aliphatic carbocycles. The van der Waals surface area contributed by atoms with Gasteiger partial charge in [-0.05, 0) is 68.2 Å². The second-order valence-electron chi connectivity index (χ2n) is 10.4. The van der Waals surface area contributed by atoms with Gasteiger partial charge in [-0.3, -0.25) is 9.89 Å². The molecule has 2 aromatic rings. The van der Waals surface area contributed by atoms with Crippen molar-refractivity contribution in [3.8, 4) is 0 Å². The fourth-order valence-corrected chi connectivity index (χ4v) is 6.24. The number of rotatable bonds is 11. The average Bonchev–Trinajstić information content (AvgIpc) is 3.64. The second kappa shape index (κ2) is 11.5. The first kappa shape index (κ1) is 24.8. The number of hydrogen-bond acceptors (Lipinski definition) is 6. The Morgan fingerprint density at radius 2 is 1.89 bits per heavy atom. The smallest absolute Gasteiger partial charge is 0.224 e. The van der Waals surface area contributed by atoms with Gasteiger partial charge in [-0.2, -0.15) is 4.98 Å². The largest absolute Gasteiger partial charge is 0.381 e. The number of ether oxygens (including phenoxy) is 1. The van der Waals surface area contributed by atoms with E-state index in [1.807, 2.05) is 18.6 Å². The summed E-state index contributed by atoms with van der Waals surface area (Å²) in [6, 6.07) is 0.450. The molecule has 0 amide bonds. The molecule has 2 fully saturated rings. The van der Waals surface area contributed by atoms with E-state index < -0.39 is 5.66 Å². The number of allylic oxidation sites excluding steroid dienone is 1. The number of fused-ring (bicyclic) bond motifs is 1. The van der Waals surface area contributed by atoms with Gasteiger partial charge in [0.05, 0.1) is 6.33 Å². The highest BCUT2D eigenvalue weighted by Crippen LogP contribution is 2.41. The highest BCUT2D eigenvalue weighted by Gasteiger charge is 2.43. The third kappa shape index (κ3) is 5.32. The maximum atomic E-state index is 6.51. The quantitative estimate of drug-likeness (QED) is 0.277. The molecule has 1 unspecified atom stereocenters. The zero-order chi connectivity index (χ0) is 24.1. The van der Waals surface area contributed by atoms with E-state index >= 15 is 0 Å². The maximum Gasteiger partial charge on any atom is 0.224 e. The first-order valence-corrected chi connectivity index (χ1v) is 14.1. The van der Waals surface area contributed by atoms with E-state index in [1.165, 1.54) is 64.2 Å². The second-order valence-corrected chi connectivity index (χ2v) is 10.7. The molecular weight excluding hydrogens is 460 g/mol. The van der Waals surface area contributed by atoms with Crippen LogP contribution >= 0.6 is 11.6 Å². The predicted octanol–water partition coefficient (Wildman–Crippen LogP) is 6.09. The molecule has 0 aromatic carbocycles. The summed E-state index contributed by atoms with van der Waals surface area (Å²) in [5.74, 6) is 0.782. The number of hydrogen-bond donors (Lipinski definition) is 0. The first-order valence-electron chi connectivity index (χ1n) is 13.7. The molecule has 5 rings (SSSR count). The molecule has 0 radical (unpaired) electrons. The summed E-state index contributed by atoms with van der Waals surface area (Å²) in [4.78, 5) is 21.6. The number of aliphatic imine (C=N–C) groups is 1. The summed E-state index contributed by atoms with van der Waals surface area (Å²) in [6.45, 7) is 5.96. The highest BCUT2D eigenvalue weighted by atomic mass is 35.5. The molecular formula is C27H39ClN6O. The molecule has 7 nitrogen and oxygen atoms in total. The molecule has 2 aromatic heterocycles. The Labute approximate surface area is 214 Å². The van der Waals surface area contributed by atoms with Gasteiger partial charge in [0, 0.05) is 38.6 Å². The van der Waals surface area contributed by atoms with Crippen molar-refractivity contribution in [1.82, 2.24) is 24.4 Å². The van der Waals surface area contributed by atoms with Crippen LogP contribution in [-0.4, -0.2) is 56.9 Å². The number of unbranched alkanes of at least 4 members (excludes halogenated alkanes) is 2. The minimum absolute atomic E-state index is 0.278. The molecule has 4 heterocycles. The van der Waals surface area contributed by atoms with Crippen LogP contribution in [0.4, 0.5) is 0 Å². The molecule has 1 atom stereocenters. The van der Waals surface area contributed by atoms with Gasteiger partial charge in [0.1, 0.15) is 11.2 Å². The van der Waals surface area contributed by atoms with Gasteiger partial charge in [-0.1, -0.05) is 39.0 Å². The minimum atomic E-state index is -0.638. The van der Waals surface area contributed by atoms with Crippen LogP contribution in [-0.2, 0) is 10.4 Å². The van der Waals surface area contributed by atoms with E-state index in [-0.39, 0.29) is 5.28 Å². The van der Waals surface area contributed by atoms with E-state index in [0.29, 0.717) is 6.04 Å². The SMILES string of the molecule is CCCOCCCCCC1CCN(C2(c3nc(Cl)nc4c3ncn4C3CCCC3)C=CC=N2)CC1. The molecule has 0 bridgehead atoms. The van der Waals surface area contributed by atoms with Crippen LogP contribution in [0.5, 0.6) is 0 Å². The molecule has 1 saturated heterocycles. The zero-order valence-electron chi connectivity index (χ0n) is 21.0. The lowest BCUT2D eigenvalue weighted by Gasteiger charge is -2.41. The number of imidazole rings is 1. The molecule has 190 valence electrons. The fraction of sp³-hybridized carbons (Fsp3) is 0.704. The Hall–Kier alpha value is -1.83. The Bertz CT molecular complexity index is 1020. The minimum Gasteiger partial charge on any atom is -0.381 e. The van der Waals surface area contributed by atoms with Crippen molar-refractivity contribution in [3.05, 3.63) is 29.5 Å². The van der Waals surface area contributed by atoms with Gasteiger partial charge in [-0.25, -0.2) is 9.97 Å². The topological polar surface area (TPSA) is 68.4 Å². The van der Waals surface area contributed by atoms with Crippen molar-refractivity contribution in [2.45, 2.75) is 89.3 Å². The number of piperidine rings is 1. The van der Waals surface area contributed by atoms with Crippen LogP contribution in [0.15, 0.2) is 23.5 Å². The molecule has 8 heteroatoms. The van der Waals surface area contributed by atoms with E-state index in [2.05, 4.69) is 27.5 Å². The highest BCUT2D eigenvalue weighted by molar-refractivity contribution is 6.28. The van der Waals surface area contributed by atoms with Crippen LogP contribution in [0.3, 0.4) is 0 Å². The van der Waals surface area contributed by atoms with Gasteiger partial charge >= 0.3 is 0 Å². The van der Waals surface area contributed by atoms with Crippen molar-refractivity contribution in [2.24, 2.45) is 10.9 Å². The van der Waals surface area contributed by atoms with Crippen LogP contribution in [0.25, 0.3) is 11.2 Å². The molecule has 35 heavy (non-hydrogen) atoms. The molecule has 1 saturated carbocycles. The Morgan fingerprint density at radius 3 is 2.63 bits per heavy atom. The summed E-state index contributed by atoms with van der Waals surface area (Å²) in [5, 5.41) is 0.278. The van der Waals surface area contributed by atoms with Crippen LogP contribution in [0.2, 0.25) is 5.28 Å². The third-order valence-electron chi connectivity index (χ3n) is 7.99. The zero-order valence-corrected chi connectivity index (χ0v) is 21.8. The standard InChI is InChI=1S/C27H39ClN6O/c1-2-18-35-19-7-3-4-9-21-12-16-33(17-13-21)27(14-8-15-30-27)24-23-25(32-26(28)31-24)34(20-29-23)22-10-5-6-11-22/h8,14-15,20-22H,2-7,9-13,16-19H2,1H3. The molecule has 0 N–H and O–H groups in total. The van der Waals surface area contributed by atoms with E-state index in [0.717, 1.165) is 55.5 Å². The summed E-state index contributed by atoms with van der Waals surface area (Å²) < 4.78 is 7.83. The van der Waals surface area contributed by atoms with E-state index in [4.69, 9.17) is 31.3 Å². The lowest BCUT2D eigenvalue weighted by atomic mass is 9.89. The normalized spacial score (nSPS) is 23.8. The Balaban J connectivity index is 1.27. The lowest BCUT2D eigenvalue weighted by molar-refractivity contribution is 0.0831. The summed E-state index contributed by atoms with van der Waals surface area (Å²) in [5.41, 5.74) is 1.86. The van der Waals surface area contributed by atoms with Crippen molar-refractivity contribution in [2.75, 3.05) is 26.3 Å². The fourth-order valence-electron chi connectivity index (χ4n) is 6.07. The van der Waals surface area contributed by atoms with Gasteiger partial charge < -0.3 is 9.30 Å². The number of likely N-dealkylation sites (tertiary alicyclic amines) is 1. The monoisotopic (exact) mass is 498 g/mol. The van der Waals surface area contributed by atoms with E-state index in [1.54, 1.807) is 0 Å². The van der Waals surface area contributed by atoms with Crippen molar-refractivity contribution < 1.29 is 4.74 Å². The molecule has 0 spiro atoms. The Kier molecular flexibility index (Phi) is 8.15. The average molecular weight is 499 g/mol. The lowest BCUT2D eigenvalue weighted by Crippen LogP contribution is -2.47. The van der Waals surface area contributed by atoms with Gasteiger partial charge in [0.2, 0.25) is 5.28 Å². The van der Waals surface area contributed by atoms with Crippen LogP contribution in [0, 0.1) is 5.92 Å². The number of nitrogens with zero attached hydrogens (tertiary/aromatic N) is 6. The van der Waals surface area contributed by atoms with Crippen LogP contribution in [0.1, 0.15) is 89.3 Å². The number of halogens is 1. The third-order valence-corrected chi connectivity index (χ3v) is 8.16. The summed E-state index contributed by atoms with van der Waals surface area (Å²) in [6.07, 6.45) is 21.4. The molecule has 3 aliphatic rings. The Morgan fingerprint density at radius 1 is 1.06 bits per heavy atom.